The van der Waals surface area contributed by atoms with E-state index in [0.717, 1.165) is 16.8 Å². The number of amides is 3. The monoisotopic (exact) mass is 545 g/mol. The molecule has 4 bridgehead atoms. The number of hydrogen-bond donors (Lipinski definition) is 1. The molecular formula is C30H35N5O5. The molecule has 10 nitrogen and oxygen atoms in total. The van der Waals surface area contributed by atoms with Crippen molar-refractivity contribution in [3.05, 3.63) is 77.1 Å². The molecule has 3 aromatic rings. The van der Waals surface area contributed by atoms with Crippen molar-refractivity contribution in [3.63, 3.8) is 0 Å². The van der Waals surface area contributed by atoms with Crippen LogP contribution >= 0.6 is 0 Å². The van der Waals surface area contributed by atoms with Crippen LogP contribution in [0.1, 0.15) is 40.2 Å². The van der Waals surface area contributed by atoms with E-state index in [1.54, 1.807) is 29.7 Å². The van der Waals surface area contributed by atoms with Crippen molar-refractivity contribution in [2.45, 2.75) is 44.9 Å². The van der Waals surface area contributed by atoms with Gasteiger partial charge in [0.25, 0.3) is 5.91 Å². The molecule has 10 heteroatoms. The Bertz CT molecular complexity index is 1380. The van der Waals surface area contributed by atoms with Gasteiger partial charge >= 0.3 is 0 Å². The molecular weight excluding hydrogens is 510 g/mol. The molecule has 3 heterocycles. The number of ether oxygens (including phenoxy) is 2. The summed E-state index contributed by atoms with van der Waals surface area (Å²) < 4.78 is 14.1. The first kappa shape index (κ1) is 27.4. The van der Waals surface area contributed by atoms with Crippen LogP contribution < -0.4 is 10.1 Å². The van der Waals surface area contributed by atoms with Crippen molar-refractivity contribution in [1.29, 1.82) is 0 Å². The minimum absolute atomic E-state index is 0.0827. The van der Waals surface area contributed by atoms with E-state index in [4.69, 9.17) is 9.47 Å². The third-order valence-corrected chi connectivity index (χ3v) is 7.45. The number of fused-ring (bicyclic) bond motifs is 5. The number of nitrogens with zero attached hydrogens (tertiary/aromatic N) is 4. The lowest BCUT2D eigenvalue weighted by atomic mass is 10.0. The topological polar surface area (TPSA) is 106 Å². The van der Waals surface area contributed by atoms with Gasteiger partial charge in [0.05, 0.1) is 25.3 Å². The predicted octanol–water partition coefficient (Wildman–Crippen LogP) is 2.84. The Kier molecular flexibility index (Phi) is 8.16. The number of aromatic nitrogens is 2. The number of nitrogens with one attached hydrogen (secondary N) is 1. The van der Waals surface area contributed by atoms with Gasteiger partial charge in [0.15, 0.2) is 5.69 Å². The Morgan fingerprint density at radius 2 is 1.73 bits per heavy atom. The summed E-state index contributed by atoms with van der Waals surface area (Å²) in [4.78, 5) is 42.2. The normalized spacial score (nSPS) is 20.6. The van der Waals surface area contributed by atoms with E-state index in [1.807, 2.05) is 55.5 Å². The highest BCUT2D eigenvalue weighted by Gasteiger charge is 2.34. The van der Waals surface area contributed by atoms with E-state index in [9.17, 15) is 14.4 Å². The summed E-state index contributed by atoms with van der Waals surface area (Å²) in [5.41, 5.74) is 3.17. The van der Waals surface area contributed by atoms with Crippen LogP contribution in [-0.2, 0) is 34.4 Å². The second kappa shape index (κ2) is 11.9. The smallest absolute Gasteiger partial charge is 0.274 e. The number of benzene rings is 2. The zero-order chi connectivity index (χ0) is 28.2. The van der Waals surface area contributed by atoms with Crippen LogP contribution in [0.25, 0.3) is 0 Å². The number of likely N-dealkylation sites (N-methyl/N-ethyl adjacent to an activating group) is 1. The van der Waals surface area contributed by atoms with Gasteiger partial charge in [0.1, 0.15) is 11.5 Å². The Labute approximate surface area is 233 Å². The molecule has 0 radical (unpaired) electrons. The van der Waals surface area contributed by atoms with E-state index in [0.29, 0.717) is 43.2 Å². The average Bonchev–Trinajstić information content (AvgIpc) is 3.28. The van der Waals surface area contributed by atoms with Gasteiger partial charge < -0.3 is 24.6 Å². The number of carbonyl (C=O) groups is 3. The van der Waals surface area contributed by atoms with Crippen LogP contribution in [0.4, 0.5) is 0 Å². The standard InChI is InChI=1S/C30H35N5O5/c1-20-14-25(32-34(20)3)30(38)35-13-12-27-26(17-35)31-28(36)18-33(2)29(37)11-10-21-6-4-8-23(15-21)40-24-9-5-7-22(16-24)19-39-27/h4-9,14-16,26-27H,10-13,17-19H2,1-3H3,(H,31,36)/t26-,27+/m0/s1. The van der Waals surface area contributed by atoms with Crippen molar-refractivity contribution in [2.24, 2.45) is 7.05 Å². The molecule has 0 spiro atoms. The lowest BCUT2D eigenvalue weighted by Crippen LogP contribution is -2.58. The Morgan fingerprint density at radius 1 is 1.00 bits per heavy atom. The van der Waals surface area contributed by atoms with Gasteiger partial charge in [-0.05, 0) is 61.2 Å². The summed E-state index contributed by atoms with van der Waals surface area (Å²) in [6.07, 6.45) is 1.02. The first-order valence-electron chi connectivity index (χ1n) is 13.6. The number of carbonyl (C=O) groups excluding carboxylic acids is 3. The summed E-state index contributed by atoms with van der Waals surface area (Å²) in [6, 6.07) is 16.7. The van der Waals surface area contributed by atoms with E-state index in [2.05, 4.69) is 10.4 Å². The second-order valence-electron chi connectivity index (χ2n) is 10.5. The minimum Gasteiger partial charge on any atom is -0.457 e. The fourth-order valence-electron chi connectivity index (χ4n) is 5.08. The van der Waals surface area contributed by atoms with Crippen molar-refractivity contribution in [2.75, 3.05) is 26.7 Å². The number of piperidine rings is 1. The van der Waals surface area contributed by atoms with Crippen molar-refractivity contribution >= 4 is 17.7 Å². The fourth-order valence-corrected chi connectivity index (χ4v) is 5.08. The molecule has 0 aliphatic carbocycles. The highest BCUT2D eigenvalue weighted by molar-refractivity contribution is 5.92. The molecule has 210 valence electrons. The van der Waals surface area contributed by atoms with Gasteiger partial charge in [0, 0.05) is 39.3 Å². The number of aryl methyl sites for hydroxylation is 3. The molecule has 1 N–H and O–H groups in total. The molecule has 5 rings (SSSR count). The Balaban J connectivity index is 1.37. The summed E-state index contributed by atoms with van der Waals surface area (Å²) in [6.45, 7) is 2.88. The lowest BCUT2D eigenvalue weighted by molar-refractivity contribution is -0.135. The summed E-state index contributed by atoms with van der Waals surface area (Å²) in [7, 11) is 3.42. The number of hydrogen-bond acceptors (Lipinski definition) is 6. The van der Waals surface area contributed by atoms with Crippen LogP contribution in [0.2, 0.25) is 0 Å². The van der Waals surface area contributed by atoms with E-state index >= 15 is 0 Å². The molecule has 1 saturated heterocycles. The molecule has 2 aliphatic heterocycles. The maximum atomic E-state index is 13.2. The number of likely N-dealkylation sites (tertiary alicyclic amines) is 1. The first-order valence-corrected chi connectivity index (χ1v) is 13.6. The zero-order valence-corrected chi connectivity index (χ0v) is 23.1. The summed E-state index contributed by atoms with van der Waals surface area (Å²) in [5.74, 6) is 0.768. The lowest BCUT2D eigenvalue weighted by Gasteiger charge is -2.38. The maximum Gasteiger partial charge on any atom is 0.274 e. The second-order valence-corrected chi connectivity index (χ2v) is 10.5. The van der Waals surface area contributed by atoms with Crippen molar-refractivity contribution in [3.8, 4) is 11.5 Å². The maximum absolute atomic E-state index is 13.2. The largest absolute Gasteiger partial charge is 0.457 e. The van der Waals surface area contributed by atoms with Crippen LogP contribution in [0, 0.1) is 6.92 Å². The summed E-state index contributed by atoms with van der Waals surface area (Å²) >= 11 is 0. The molecule has 1 aromatic heterocycles. The zero-order valence-electron chi connectivity index (χ0n) is 23.1. The molecule has 2 aliphatic rings. The third-order valence-electron chi connectivity index (χ3n) is 7.45. The fraction of sp³-hybridized carbons (Fsp3) is 0.400. The summed E-state index contributed by atoms with van der Waals surface area (Å²) in [5, 5.41) is 7.37. The van der Waals surface area contributed by atoms with E-state index in [-0.39, 0.29) is 43.3 Å². The van der Waals surface area contributed by atoms with E-state index in [1.165, 1.54) is 4.90 Å². The SMILES string of the molecule is Cc1cc(C(=O)N2CC[C@H]3OCc4cccc(c4)Oc4cccc(c4)CCC(=O)N(C)CC(=O)N[C@H]3C2)nn1C. The molecule has 1 fully saturated rings. The molecule has 0 unspecified atom stereocenters. The van der Waals surface area contributed by atoms with Gasteiger partial charge in [-0.2, -0.15) is 5.10 Å². The van der Waals surface area contributed by atoms with Gasteiger partial charge in [-0.3, -0.25) is 19.1 Å². The highest BCUT2D eigenvalue weighted by atomic mass is 16.5. The van der Waals surface area contributed by atoms with Crippen molar-refractivity contribution in [1.82, 2.24) is 24.9 Å². The van der Waals surface area contributed by atoms with Crippen LogP contribution in [0.3, 0.4) is 0 Å². The van der Waals surface area contributed by atoms with Gasteiger partial charge in [-0.25, -0.2) is 0 Å². The quantitative estimate of drug-likeness (QED) is 0.504. The molecule has 2 atom stereocenters. The molecule has 40 heavy (non-hydrogen) atoms. The Hall–Kier alpha value is -4.18. The first-order chi connectivity index (χ1) is 19.2. The van der Waals surface area contributed by atoms with Gasteiger partial charge in [-0.15, -0.1) is 0 Å². The highest BCUT2D eigenvalue weighted by Crippen LogP contribution is 2.25. The average molecular weight is 546 g/mol. The van der Waals surface area contributed by atoms with Crippen LogP contribution in [0.15, 0.2) is 54.6 Å². The van der Waals surface area contributed by atoms with Crippen LogP contribution in [0.5, 0.6) is 11.5 Å². The van der Waals surface area contributed by atoms with Crippen molar-refractivity contribution < 1.29 is 23.9 Å². The van der Waals surface area contributed by atoms with Crippen LogP contribution in [-0.4, -0.2) is 76.1 Å². The van der Waals surface area contributed by atoms with Gasteiger partial charge in [0.2, 0.25) is 11.8 Å². The molecule has 3 amide bonds. The number of rotatable bonds is 1. The minimum atomic E-state index is -0.448. The molecule has 0 saturated carbocycles. The Morgan fingerprint density at radius 3 is 2.45 bits per heavy atom. The third kappa shape index (κ3) is 6.51. The molecule has 2 aromatic carbocycles. The van der Waals surface area contributed by atoms with Gasteiger partial charge in [-0.1, -0.05) is 24.3 Å². The predicted molar refractivity (Wildman–Crippen MR) is 148 cm³/mol. The van der Waals surface area contributed by atoms with E-state index < -0.39 is 6.04 Å².